The normalized spacial score (nSPS) is 12.4. The van der Waals surface area contributed by atoms with Crippen LogP contribution in [0.2, 0.25) is 0 Å². The van der Waals surface area contributed by atoms with Gasteiger partial charge in [-0.1, -0.05) is 128 Å². The molecule has 0 aromatic carbocycles. The number of aliphatic hydroxyl groups excluding tert-OH is 1. The molecule has 0 aliphatic heterocycles. The smallest absolute Gasteiger partial charge is 0.306 e. The number of carbonyl (C=O) groups is 2. The van der Waals surface area contributed by atoms with Crippen LogP contribution in [-0.4, -0.2) is 36.4 Å². The highest BCUT2D eigenvalue weighted by Gasteiger charge is 2.16. The van der Waals surface area contributed by atoms with Gasteiger partial charge in [-0.15, -0.1) is 0 Å². The molecule has 0 aromatic rings. The Morgan fingerprint density at radius 2 is 0.881 bits per heavy atom. The van der Waals surface area contributed by atoms with Crippen molar-refractivity contribution in [2.75, 3.05) is 13.2 Å². The average Bonchev–Trinajstić information content (AvgIpc) is 2.99. The zero-order valence-corrected chi connectivity index (χ0v) is 27.8. The number of rotatable bonds is 32. The number of esters is 2. The molecule has 0 saturated heterocycles. The second-order valence-corrected chi connectivity index (χ2v) is 11.9. The zero-order valence-electron chi connectivity index (χ0n) is 27.8. The molecule has 1 atom stereocenters. The van der Waals surface area contributed by atoms with Crippen LogP contribution in [-0.2, 0) is 19.1 Å². The average molecular weight is 593 g/mol. The molecule has 0 bridgehead atoms. The van der Waals surface area contributed by atoms with Gasteiger partial charge >= 0.3 is 11.9 Å². The summed E-state index contributed by atoms with van der Waals surface area (Å²) in [6, 6.07) is 0. The number of allylic oxidation sites excluding steroid dienone is 4. The highest BCUT2D eigenvalue weighted by molar-refractivity contribution is 5.70. The van der Waals surface area contributed by atoms with Crippen LogP contribution in [0, 0.1) is 0 Å². The molecule has 0 radical (unpaired) electrons. The van der Waals surface area contributed by atoms with Crippen LogP contribution in [0.15, 0.2) is 24.3 Å². The van der Waals surface area contributed by atoms with Crippen LogP contribution < -0.4 is 0 Å². The summed E-state index contributed by atoms with van der Waals surface area (Å²) in [4.78, 5) is 24.1. The summed E-state index contributed by atoms with van der Waals surface area (Å²) < 4.78 is 10.6. The van der Waals surface area contributed by atoms with Crippen LogP contribution in [0.5, 0.6) is 0 Å². The Hall–Kier alpha value is -1.62. The van der Waals surface area contributed by atoms with Crippen molar-refractivity contribution >= 4 is 11.9 Å². The fraction of sp³-hybridized carbons (Fsp3) is 0.838. The van der Waals surface area contributed by atoms with Gasteiger partial charge < -0.3 is 14.6 Å². The maximum absolute atomic E-state index is 12.1. The number of unbranched alkanes of at least 4 members (excludes halogenated alkanes) is 20. The first-order valence-electron chi connectivity index (χ1n) is 17.9. The van der Waals surface area contributed by atoms with Crippen molar-refractivity contribution in [1.82, 2.24) is 0 Å². The molecule has 0 rings (SSSR count). The van der Waals surface area contributed by atoms with Crippen molar-refractivity contribution in [1.29, 1.82) is 0 Å². The maximum Gasteiger partial charge on any atom is 0.306 e. The molecule has 0 spiro atoms. The molecule has 0 unspecified atom stereocenters. The van der Waals surface area contributed by atoms with Crippen LogP contribution >= 0.6 is 0 Å². The van der Waals surface area contributed by atoms with Gasteiger partial charge in [0.25, 0.3) is 0 Å². The Bertz CT molecular complexity index is 642. The topological polar surface area (TPSA) is 72.8 Å². The lowest BCUT2D eigenvalue weighted by atomic mass is 10.1. The van der Waals surface area contributed by atoms with E-state index >= 15 is 0 Å². The quantitative estimate of drug-likeness (QED) is 0.0478. The molecule has 0 aliphatic rings. The van der Waals surface area contributed by atoms with Crippen molar-refractivity contribution in [2.45, 2.75) is 187 Å². The second-order valence-electron chi connectivity index (χ2n) is 11.9. The van der Waals surface area contributed by atoms with E-state index in [0.29, 0.717) is 12.8 Å². The van der Waals surface area contributed by atoms with Gasteiger partial charge in [0.1, 0.15) is 6.61 Å². The first kappa shape index (κ1) is 40.4. The molecule has 0 aliphatic carbocycles. The number of aliphatic hydroxyl groups is 1. The fourth-order valence-electron chi connectivity index (χ4n) is 4.95. The molecular weight excluding hydrogens is 524 g/mol. The Morgan fingerprint density at radius 1 is 0.524 bits per heavy atom. The van der Waals surface area contributed by atoms with E-state index in [2.05, 4.69) is 38.2 Å². The third kappa shape index (κ3) is 31.3. The monoisotopic (exact) mass is 593 g/mol. The number of carbonyl (C=O) groups excluding carboxylic acids is 2. The third-order valence-electron chi connectivity index (χ3n) is 7.72. The van der Waals surface area contributed by atoms with Gasteiger partial charge in [-0.05, 0) is 64.2 Å². The molecule has 0 amide bonds. The zero-order chi connectivity index (χ0) is 30.8. The van der Waals surface area contributed by atoms with Gasteiger partial charge in [-0.2, -0.15) is 0 Å². The van der Waals surface area contributed by atoms with E-state index in [4.69, 9.17) is 9.47 Å². The van der Waals surface area contributed by atoms with Gasteiger partial charge in [-0.3, -0.25) is 9.59 Å². The summed E-state index contributed by atoms with van der Waals surface area (Å²) in [5, 5.41) is 9.51. The number of hydrogen-bond acceptors (Lipinski definition) is 5. The first-order chi connectivity index (χ1) is 20.6. The molecule has 5 heteroatoms. The minimum absolute atomic E-state index is 0.0691. The summed E-state index contributed by atoms with van der Waals surface area (Å²) in [5.41, 5.74) is 0. The van der Waals surface area contributed by atoms with Crippen molar-refractivity contribution in [3.8, 4) is 0 Å². The minimum Gasteiger partial charge on any atom is -0.462 e. The molecule has 0 aromatic heterocycles. The Kier molecular flexibility index (Phi) is 32.6. The predicted molar refractivity (Wildman–Crippen MR) is 178 cm³/mol. The number of hydrogen-bond donors (Lipinski definition) is 1. The lowest BCUT2D eigenvalue weighted by Crippen LogP contribution is -2.28. The third-order valence-corrected chi connectivity index (χ3v) is 7.72. The van der Waals surface area contributed by atoms with E-state index in [9.17, 15) is 14.7 Å². The van der Waals surface area contributed by atoms with E-state index in [1.54, 1.807) is 0 Å². The summed E-state index contributed by atoms with van der Waals surface area (Å²) in [5.74, 6) is -0.605. The molecule has 1 N–H and O–H groups in total. The Labute approximate surface area is 260 Å². The minimum atomic E-state index is -0.772. The van der Waals surface area contributed by atoms with Crippen molar-refractivity contribution < 1.29 is 24.2 Å². The van der Waals surface area contributed by atoms with Crippen LogP contribution in [0.3, 0.4) is 0 Å². The van der Waals surface area contributed by atoms with Gasteiger partial charge in [-0.25, -0.2) is 0 Å². The van der Waals surface area contributed by atoms with Crippen LogP contribution in [0.1, 0.15) is 181 Å². The van der Waals surface area contributed by atoms with E-state index < -0.39 is 6.10 Å². The molecule has 0 saturated carbocycles. The van der Waals surface area contributed by atoms with Gasteiger partial charge in [0.15, 0.2) is 6.10 Å². The van der Waals surface area contributed by atoms with E-state index in [1.807, 2.05) is 0 Å². The molecule has 0 fully saturated rings. The van der Waals surface area contributed by atoms with Gasteiger partial charge in [0, 0.05) is 12.8 Å². The largest absolute Gasteiger partial charge is 0.462 e. The lowest BCUT2D eigenvalue weighted by molar-refractivity contribution is -0.161. The van der Waals surface area contributed by atoms with Crippen molar-refractivity contribution in [2.24, 2.45) is 0 Å². The molecular formula is C37H68O5. The summed E-state index contributed by atoms with van der Waals surface area (Å²) in [6.07, 6.45) is 38.0. The summed E-state index contributed by atoms with van der Waals surface area (Å²) >= 11 is 0. The standard InChI is InChI=1S/C37H68O5/c1-3-5-7-9-11-13-15-17-18-20-21-23-25-27-29-31-36(39)41-34-35(33-38)42-37(40)32-30-28-26-24-22-19-16-14-12-10-8-6-4-2/h13-16,35,38H,3-12,17-34H2,1-2H3/b15-13+,16-14+/t35-/m0/s1. The van der Waals surface area contributed by atoms with Crippen molar-refractivity contribution in [3.05, 3.63) is 24.3 Å². The predicted octanol–water partition coefficient (Wildman–Crippen LogP) is 10.7. The van der Waals surface area contributed by atoms with Crippen LogP contribution in [0.25, 0.3) is 0 Å². The summed E-state index contributed by atoms with van der Waals surface area (Å²) in [7, 11) is 0. The lowest BCUT2D eigenvalue weighted by Gasteiger charge is -2.15. The second kappa shape index (κ2) is 33.9. The molecule has 0 heterocycles. The van der Waals surface area contributed by atoms with E-state index in [0.717, 1.165) is 44.9 Å². The Morgan fingerprint density at radius 3 is 1.29 bits per heavy atom. The van der Waals surface area contributed by atoms with E-state index in [1.165, 1.54) is 109 Å². The highest BCUT2D eigenvalue weighted by Crippen LogP contribution is 2.12. The first-order valence-corrected chi connectivity index (χ1v) is 17.9. The van der Waals surface area contributed by atoms with E-state index in [-0.39, 0.29) is 25.2 Å². The molecule has 42 heavy (non-hydrogen) atoms. The summed E-state index contributed by atoms with van der Waals surface area (Å²) in [6.45, 7) is 4.09. The Balaban J connectivity index is 3.58. The maximum atomic E-state index is 12.1. The van der Waals surface area contributed by atoms with Crippen LogP contribution in [0.4, 0.5) is 0 Å². The van der Waals surface area contributed by atoms with Gasteiger partial charge in [0.2, 0.25) is 0 Å². The highest BCUT2D eigenvalue weighted by atomic mass is 16.6. The van der Waals surface area contributed by atoms with Crippen molar-refractivity contribution in [3.63, 3.8) is 0 Å². The number of ether oxygens (including phenoxy) is 2. The van der Waals surface area contributed by atoms with Gasteiger partial charge in [0.05, 0.1) is 6.61 Å². The fourth-order valence-corrected chi connectivity index (χ4v) is 4.95. The molecule has 246 valence electrons. The SMILES string of the molecule is CCCCCC/C=C/CCCCCCCCCC(=O)OC[C@H](CO)OC(=O)CCCCCCC/C=C/CCCCCC. The molecule has 5 nitrogen and oxygen atoms in total.